The number of benzene rings is 2. The number of hydrogen-bond acceptors (Lipinski definition) is 6. The van der Waals surface area contributed by atoms with Gasteiger partial charge in [0, 0.05) is 23.9 Å². The van der Waals surface area contributed by atoms with Crippen molar-refractivity contribution in [3.05, 3.63) is 65.5 Å². The molecule has 0 fully saturated rings. The minimum atomic E-state index is -0.251. The number of aromatic nitrogens is 2. The number of hydrogen-bond donors (Lipinski definition) is 2. The van der Waals surface area contributed by atoms with Crippen LogP contribution in [0.3, 0.4) is 0 Å². The number of amides is 2. The molecule has 0 aliphatic carbocycles. The molecular formula is C19H18N4O3S. The summed E-state index contributed by atoms with van der Waals surface area (Å²) in [4.78, 5) is 23.5. The number of nitrogens with one attached hydrogen (secondary N) is 2. The molecule has 27 heavy (non-hydrogen) atoms. The summed E-state index contributed by atoms with van der Waals surface area (Å²) >= 11 is 1.15. The van der Waals surface area contributed by atoms with Gasteiger partial charge in [0.05, 0.1) is 17.4 Å². The molecule has 0 unspecified atom stereocenters. The van der Waals surface area contributed by atoms with Crippen molar-refractivity contribution in [2.45, 2.75) is 20.5 Å². The highest BCUT2D eigenvalue weighted by Gasteiger charge is 2.09. The summed E-state index contributed by atoms with van der Waals surface area (Å²) in [5.74, 6) is 0.183. The number of aryl methyl sites for hydroxylation is 1. The summed E-state index contributed by atoms with van der Waals surface area (Å²) in [6.07, 6.45) is 0. The van der Waals surface area contributed by atoms with Crippen LogP contribution in [-0.2, 0) is 11.4 Å². The molecule has 0 spiro atoms. The van der Waals surface area contributed by atoms with E-state index in [-0.39, 0.29) is 11.8 Å². The van der Waals surface area contributed by atoms with Gasteiger partial charge in [-0.3, -0.25) is 9.59 Å². The standard InChI is InChI=1S/C19H18N4O3S/c1-12-18(23-27-22-12)11-26-17-5-3-4-14(10-17)19(25)21-16-8-6-15(7-9-16)20-13(2)24/h3-10H,11H2,1-2H3,(H,20,24)(H,21,25). The van der Waals surface area contributed by atoms with E-state index >= 15 is 0 Å². The second kappa shape index (κ2) is 8.41. The second-order valence-corrected chi connectivity index (χ2v) is 6.35. The number of nitrogens with zero attached hydrogens (tertiary/aromatic N) is 2. The summed E-state index contributed by atoms with van der Waals surface area (Å²) in [5, 5.41) is 5.49. The zero-order valence-electron chi connectivity index (χ0n) is 14.9. The molecule has 8 heteroatoms. The molecule has 0 atom stereocenters. The van der Waals surface area contributed by atoms with E-state index in [1.807, 2.05) is 6.92 Å². The number of carbonyl (C=O) groups is 2. The van der Waals surface area contributed by atoms with Crippen LogP contribution < -0.4 is 15.4 Å². The highest BCUT2D eigenvalue weighted by molar-refractivity contribution is 6.99. The first-order chi connectivity index (χ1) is 13.0. The molecule has 3 rings (SSSR count). The van der Waals surface area contributed by atoms with Gasteiger partial charge in [0.2, 0.25) is 5.91 Å². The third-order valence-electron chi connectivity index (χ3n) is 3.68. The molecule has 0 saturated carbocycles. The lowest BCUT2D eigenvalue weighted by Crippen LogP contribution is -2.12. The third-order valence-corrected chi connectivity index (χ3v) is 4.34. The van der Waals surface area contributed by atoms with E-state index in [0.29, 0.717) is 29.3 Å². The second-order valence-electron chi connectivity index (χ2n) is 5.83. The maximum absolute atomic E-state index is 12.5. The van der Waals surface area contributed by atoms with Crippen molar-refractivity contribution in [2.24, 2.45) is 0 Å². The predicted octanol–water partition coefficient (Wildman–Crippen LogP) is 3.64. The van der Waals surface area contributed by atoms with Gasteiger partial charge in [0.25, 0.3) is 5.91 Å². The van der Waals surface area contributed by atoms with Gasteiger partial charge in [-0.1, -0.05) is 6.07 Å². The average Bonchev–Trinajstić information content (AvgIpc) is 3.06. The molecule has 138 valence electrons. The Balaban J connectivity index is 1.63. The normalized spacial score (nSPS) is 10.3. The Morgan fingerprint density at radius 3 is 2.37 bits per heavy atom. The number of rotatable bonds is 6. The smallest absolute Gasteiger partial charge is 0.255 e. The van der Waals surface area contributed by atoms with Crippen LogP contribution in [0.15, 0.2) is 48.5 Å². The fraction of sp³-hybridized carbons (Fsp3) is 0.158. The van der Waals surface area contributed by atoms with Gasteiger partial charge in [-0.2, -0.15) is 8.75 Å². The molecule has 1 heterocycles. The van der Waals surface area contributed by atoms with Crippen LogP contribution in [0, 0.1) is 6.92 Å². The highest BCUT2D eigenvalue weighted by atomic mass is 32.1. The van der Waals surface area contributed by atoms with Gasteiger partial charge < -0.3 is 15.4 Å². The summed E-state index contributed by atoms with van der Waals surface area (Å²) in [6, 6.07) is 13.8. The monoisotopic (exact) mass is 382 g/mol. The number of carbonyl (C=O) groups excluding carboxylic acids is 2. The molecule has 0 radical (unpaired) electrons. The fourth-order valence-electron chi connectivity index (χ4n) is 2.30. The minimum Gasteiger partial charge on any atom is -0.487 e. The van der Waals surface area contributed by atoms with Crippen molar-refractivity contribution in [1.82, 2.24) is 8.75 Å². The van der Waals surface area contributed by atoms with E-state index in [4.69, 9.17) is 4.74 Å². The van der Waals surface area contributed by atoms with Gasteiger partial charge in [0.1, 0.15) is 18.1 Å². The van der Waals surface area contributed by atoms with Crippen molar-refractivity contribution in [1.29, 1.82) is 0 Å². The first-order valence-corrected chi connectivity index (χ1v) is 8.94. The Hall–Kier alpha value is -3.26. The maximum Gasteiger partial charge on any atom is 0.255 e. The largest absolute Gasteiger partial charge is 0.487 e. The first-order valence-electron chi connectivity index (χ1n) is 8.21. The lowest BCUT2D eigenvalue weighted by molar-refractivity contribution is -0.114. The molecule has 2 amide bonds. The van der Waals surface area contributed by atoms with E-state index in [9.17, 15) is 9.59 Å². The summed E-state index contributed by atoms with van der Waals surface area (Å²) < 4.78 is 14.0. The fourth-order valence-corrected chi connectivity index (χ4v) is 2.85. The van der Waals surface area contributed by atoms with Crippen LogP contribution in [0.1, 0.15) is 28.7 Å². The molecular weight excluding hydrogens is 364 g/mol. The molecule has 7 nitrogen and oxygen atoms in total. The van der Waals surface area contributed by atoms with E-state index in [2.05, 4.69) is 19.4 Å². The minimum absolute atomic E-state index is 0.146. The Bertz CT molecular complexity index is 954. The molecule has 0 aliphatic heterocycles. The first kappa shape index (κ1) is 18.5. The molecule has 0 aliphatic rings. The lowest BCUT2D eigenvalue weighted by atomic mass is 10.2. The number of anilines is 2. The SMILES string of the molecule is CC(=O)Nc1ccc(NC(=O)c2cccc(OCc3nsnc3C)c2)cc1. The van der Waals surface area contributed by atoms with Crippen LogP contribution in [0.25, 0.3) is 0 Å². The van der Waals surface area contributed by atoms with Crippen molar-refractivity contribution in [3.8, 4) is 5.75 Å². The van der Waals surface area contributed by atoms with E-state index < -0.39 is 0 Å². The van der Waals surface area contributed by atoms with E-state index in [1.54, 1.807) is 48.5 Å². The van der Waals surface area contributed by atoms with Crippen LogP contribution in [0.5, 0.6) is 5.75 Å². The predicted molar refractivity (Wildman–Crippen MR) is 104 cm³/mol. The van der Waals surface area contributed by atoms with Gasteiger partial charge >= 0.3 is 0 Å². The van der Waals surface area contributed by atoms with Crippen molar-refractivity contribution < 1.29 is 14.3 Å². The van der Waals surface area contributed by atoms with Gasteiger partial charge in [0.15, 0.2) is 0 Å². The van der Waals surface area contributed by atoms with Crippen LogP contribution >= 0.6 is 11.7 Å². The Kier molecular flexibility index (Phi) is 5.77. The number of ether oxygens (including phenoxy) is 1. The quantitative estimate of drug-likeness (QED) is 0.679. The lowest BCUT2D eigenvalue weighted by Gasteiger charge is -2.09. The molecule has 0 bridgehead atoms. The van der Waals surface area contributed by atoms with Gasteiger partial charge in [-0.05, 0) is 49.4 Å². The maximum atomic E-state index is 12.5. The Morgan fingerprint density at radius 1 is 1.04 bits per heavy atom. The van der Waals surface area contributed by atoms with Crippen molar-refractivity contribution >= 4 is 34.9 Å². The van der Waals surface area contributed by atoms with Crippen molar-refractivity contribution in [3.63, 3.8) is 0 Å². The van der Waals surface area contributed by atoms with E-state index in [1.165, 1.54) is 6.92 Å². The third kappa shape index (κ3) is 5.11. The molecule has 2 aromatic carbocycles. The Morgan fingerprint density at radius 2 is 1.74 bits per heavy atom. The van der Waals surface area contributed by atoms with Crippen molar-refractivity contribution in [2.75, 3.05) is 10.6 Å². The van der Waals surface area contributed by atoms with Gasteiger partial charge in [-0.15, -0.1) is 0 Å². The molecule has 3 aromatic rings. The van der Waals surface area contributed by atoms with Crippen LogP contribution in [0.4, 0.5) is 11.4 Å². The zero-order valence-corrected chi connectivity index (χ0v) is 15.7. The molecule has 0 saturated heterocycles. The zero-order chi connectivity index (χ0) is 19.2. The van der Waals surface area contributed by atoms with Crippen LogP contribution in [0.2, 0.25) is 0 Å². The topological polar surface area (TPSA) is 93.2 Å². The van der Waals surface area contributed by atoms with Crippen LogP contribution in [-0.4, -0.2) is 20.6 Å². The molecule has 2 N–H and O–H groups in total. The summed E-state index contributed by atoms with van der Waals surface area (Å²) in [6.45, 7) is 3.62. The summed E-state index contributed by atoms with van der Waals surface area (Å²) in [7, 11) is 0. The highest BCUT2D eigenvalue weighted by Crippen LogP contribution is 2.18. The molecule has 1 aromatic heterocycles. The summed E-state index contributed by atoms with van der Waals surface area (Å²) in [5.41, 5.74) is 3.41. The van der Waals surface area contributed by atoms with E-state index in [0.717, 1.165) is 23.1 Å². The Labute approximate surface area is 160 Å². The van der Waals surface area contributed by atoms with Gasteiger partial charge in [-0.25, -0.2) is 0 Å². The average molecular weight is 382 g/mol.